The van der Waals surface area contributed by atoms with Gasteiger partial charge in [-0.15, -0.1) is 0 Å². The lowest BCUT2D eigenvalue weighted by molar-refractivity contribution is -0.137. The average molecular weight is 399 g/mol. The van der Waals surface area contributed by atoms with E-state index in [0.717, 1.165) is 56.0 Å². The van der Waals surface area contributed by atoms with Crippen LogP contribution in [-0.2, 0) is 22.4 Å². The molecule has 0 saturated heterocycles. The highest BCUT2D eigenvalue weighted by Gasteiger charge is 2.10. The average Bonchev–Trinajstić information content (AvgIpc) is 2.72. The Morgan fingerprint density at radius 1 is 1.07 bits per heavy atom. The summed E-state index contributed by atoms with van der Waals surface area (Å²) in [6.07, 6.45) is 9.84. The van der Waals surface area contributed by atoms with Gasteiger partial charge in [-0.25, -0.2) is 15.0 Å². The number of carbonyl (C=O) groups is 2. The summed E-state index contributed by atoms with van der Waals surface area (Å²) in [6, 6.07) is 6.04. The van der Waals surface area contributed by atoms with Crippen LogP contribution in [0.25, 0.3) is 0 Å². The molecule has 2 N–H and O–H groups in total. The molecule has 0 radical (unpaired) electrons. The van der Waals surface area contributed by atoms with E-state index < -0.39 is 5.97 Å². The van der Waals surface area contributed by atoms with Crippen LogP contribution in [0.5, 0.6) is 0 Å². The van der Waals surface area contributed by atoms with Gasteiger partial charge in [0.2, 0.25) is 0 Å². The number of ketones is 1. The van der Waals surface area contributed by atoms with Crippen molar-refractivity contribution >= 4 is 17.6 Å². The number of nitrogens with zero attached hydrogens (tertiary/aromatic N) is 3. The normalized spacial score (nSPS) is 12.2. The molecule has 2 aromatic rings. The molecule has 1 aliphatic rings. The van der Waals surface area contributed by atoms with Gasteiger partial charge < -0.3 is 10.4 Å². The highest BCUT2D eigenvalue weighted by Crippen LogP contribution is 2.20. The van der Waals surface area contributed by atoms with E-state index in [4.69, 9.17) is 5.11 Å². The minimum absolute atomic E-state index is 0.0811. The third-order valence-electron chi connectivity index (χ3n) is 4.63. The number of nitrogens with one attached hydrogen (secondary N) is 1. The van der Waals surface area contributed by atoms with Gasteiger partial charge in [-0.05, 0) is 63.1 Å². The molecule has 1 aliphatic heterocycles. The molecular weight excluding hydrogens is 368 g/mol. The molecule has 7 heteroatoms. The molecule has 29 heavy (non-hydrogen) atoms. The van der Waals surface area contributed by atoms with Crippen molar-refractivity contribution < 1.29 is 14.7 Å². The molecular formula is C22H30N4O3. The van der Waals surface area contributed by atoms with Gasteiger partial charge in [0.25, 0.3) is 0 Å². The molecule has 0 unspecified atom stereocenters. The van der Waals surface area contributed by atoms with Gasteiger partial charge in [0.05, 0.1) is 0 Å². The summed E-state index contributed by atoms with van der Waals surface area (Å²) in [7, 11) is 0. The van der Waals surface area contributed by atoms with Crippen LogP contribution in [0.1, 0.15) is 62.0 Å². The number of aliphatic carboxylic acids is 1. The molecule has 0 aromatic carbocycles. The second kappa shape index (κ2) is 12.6. The molecule has 0 fully saturated rings. The van der Waals surface area contributed by atoms with E-state index in [1.54, 1.807) is 18.5 Å². The van der Waals surface area contributed by atoms with Crippen LogP contribution in [0.4, 0.5) is 5.82 Å². The maximum Gasteiger partial charge on any atom is 0.303 e. The van der Waals surface area contributed by atoms with Crippen molar-refractivity contribution in [2.24, 2.45) is 0 Å². The van der Waals surface area contributed by atoms with Crippen molar-refractivity contribution in [3.05, 3.63) is 47.7 Å². The highest BCUT2D eigenvalue weighted by molar-refractivity contribution is 5.78. The van der Waals surface area contributed by atoms with Crippen LogP contribution in [0.15, 0.2) is 30.6 Å². The maximum atomic E-state index is 11.6. The number of pyridine rings is 1. The fourth-order valence-corrected chi connectivity index (χ4v) is 3.07. The van der Waals surface area contributed by atoms with Crippen molar-refractivity contribution in [2.45, 2.75) is 64.7 Å². The van der Waals surface area contributed by atoms with Crippen molar-refractivity contribution in [2.75, 3.05) is 11.9 Å². The third-order valence-corrected chi connectivity index (χ3v) is 4.63. The van der Waals surface area contributed by atoms with Crippen LogP contribution in [0.3, 0.4) is 0 Å². The number of rotatable bonds is 9. The van der Waals surface area contributed by atoms with Crippen molar-refractivity contribution in [1.29, 1.82) is 0 Å². The van der Waals surface area contributed by atoms with Crippen molar-refractivity contribution in [3.63, 3.8) is 0 Å². The van der Waals surface area contributed by atoms with Crippen LogP contribution in [0.2, 0.25) is 0 Å². The summed E-state index contributed by atoms with van der Waals surface area (Å²) in [5, 5.41) is 11.9. The highest BCUT2D eigenvalue weighted by atomic mass is 16.4. The quantitative estimate of drug-likeness (QED) is 0.620. The summed E-state index contributed by atoms with van der Waals surface area (Å²) >= 11 is 0. The molecule has 3 heterocycles. The van der Waals surface area contributed by atoms with Crippen LogP contribution in [0, 0.1) is 6.92 Å². The number of carboxylic acids is 1. The largest absolute Gasteiger partial charge is 0.481 e. The van der Waals surface area contributed by atoms with E-state index >= 15 is 0 Å². The second-order valence-corrected chi connectivity index (χ2v) is 7.13. The van der Waals surface area contributed by atoms with E-state index in [9.17, 15) is 9.59 Å². The fraction of sp³-hybridized carbons (Fsp3) is 0.500. The number of carboxylic acid groups (broad SMARTS) is 1. The number of anilines is 1. The van der Waals surface area contributed by atoms with Gasteiger partial charge in [0, 0.05) is 43.9 Å². The van der Waals surface area contributed by atoms with Crippen LogP contribution < -0.4 is 5.32 Å². The Labute approximate surface area is 172 Å². The Hall–Kier alpha value is -2.83. The van der Waals surface area contributed by atoms with Gasteiger partial charge in [0.1, 0.15) is 17.4 Å². The zero-order valence-electron chi connectivity index (χ0n) is 17.1. The molecule has 0 atom stereocenters. The summed E-state index contributed by atoms with van der Waals surface area (Å²) < 4.78 is 0. The minimum Gasteiger partial charge on any atom is -0.481 e. The van der Waals surface area contributed by atoms with E-state index in [1.165, 1.54) is 5.56 Å². The van der Waals surface area contributed by atoms with Gasteiger partial charge in [-0.1, -0.05) is 6.07 Å². The number of hydrogen-bond donors (Lipinski definition) is 2. The van der Waals surface area contributed by atoms with Crippen molar-refractivity contribution in [1.82, 2.24) is 15.0 Å². The van der Waals surface area contributed by atoms with E-state index in [0.29, 0.717) is 19.3 Å². The molecule has 7 nitrogen and oxygen atoms in total. The summed E-state index contributed by atoms with van der Waals surface area (Å²) in [6.45, 7) is 2.86. The monoisotopic (exact) mass is 398 g/mol. The van der Waals surface area contributed by atoms with Crippen molar-refractivity contribution in [3.8, 4) is 0 Å². The third kappa shape index (κ3) is 9.27. The Balaban J connectivity index is 0.000000360. The number of hydrogen-bond acceptors (Lipinski definition) is 6. The maximum absolute atomic E-state index is 11.6. The Morgan fingerprint density at radius 2 is 1.83 bits per heavy atom. The van der Waals surface area contributed by atoms with Crippen LogP contribution in [-0.4, -0.2) is 38.4 Å². The zero-order valence-corrected chi connectivity index (χ0v) is 17.1. The zero-order chi connectivity index (χ0) is 20.9. The Bertz CT molecular complexity index is 781. The lowest BCUT2D eigenvalue weighted by Crippen LogP contribution is -2.14. The number of fused-ring (bicyclic) bond motifs is 1. The lowest BCUT2D eigenvalue weighted by Gasteiger charge is -2.17. The topological polar surface area (TPSA) is 105 Å². The van der Waals surface area contributed by atoms with E-state index in [2.05, 4.69) is 32.4 Å². The molecule has 2 aromatic heterocycles. The second-order valence-electron chi connectivity index (χ2n) is 7.13. The Morgan fingerprint density at radius 3 is 2.52 bits per heavy atom. The molecule has 0 amide bonds. The Kier molecular flexibility index (Phi) is 9.75. The first kappa shape index (κ1) is 22.5. The first-order chi connectivity index (χ1) is 14.0. The number of carbonyl (C=O) groups excluding carboxylic acids is 1. The predicted octanol–water partition coefficient (Wildman–Crippen LogP) is 3.76. The molecule has 0 saturated carbocycles. The first-order valence-electron chi connectivity index (χ1n) is 10.2. The molecule has 0 spiro atoms. The standard InChI is InChI=1S/C17H24N2O3.C5H6N2/c20-15(8-3-9-16(21)22)7-2-1-6-14-11-10-13-5-4-12-18-17(13)19-14;1-5-6-3-2-4-7-5/h10-11H,1-9,12H2,(H,18,19)(H,21,22);2-4H,1H3. The van der Waals surface area contributed by atoms with Gasteiger partial charge >= 0.3 is 5.97 Å². The first-order valence-corrected chi connectivity index (χ1v) is 10.2. The molecule has 156 valence electrons. The fourth-order valence-electron chi connectivity index (χ4n) is 3.07. The SMILES string of the molecule is Cc1ncccn1.O=C(O)CCCC(=O)CCCCc1ccc2c(n1)NCCC2. The predicted molar refractivity (Wildman–Crippen MR) is 112 cm³/mol. The summed E-state index contributed by atoms with van der Waals surface area (Å²) in [5.41, 5.74) is 2.37. The number of unbranched alkanes of at least 4 members (excludes halogenated alkanes) is 1. The van der Waals surface area contributed by atoms with E-state index in [1.807, 2.05) is 6.92 Å². The number of aryl methyl sites for hydroxylation is 3. The summed E-state index contributed by atoms with van der Waals surface area (Å²) in [5.74, 6) is 1.18. The molecule has 3 rings (SSSR count). The lowest BCUT2D eigenvalue weighted by atomic mass is 10.0. The molecule has 0 aliphatic carbocycles. The van der Waals surface area contributed by atoms with Crippen LogP contribution >= 0.6 is 0 Å². The number of Topliss-reactive ketones (excluding diaryl/α,β-unsaturated/α-hetero) is 1. The number of aromatic nitrogens is 3. The van der Waals surface area contributed by atoms with Gasteiger partial charge in [-0.3, -0.25) is 9.59 Å². The summed E-state index contributed by atoms with van der Waals surface area (Å²) in [4.78, 5) is 34.4. The van der Waals surface area contributed by atoms with Gasteiger partial charge in [0.15, 0.2) is 0 Å². The smallest absolute Gasteiger partial charge is 0.303 e. The minimum atomic E-state index is -0.833. The van der Waals surface area contributed by atoms with E-state index in [-0.39, 0.29) is 12.2 Å². The van der Waals surface area contributed by atoms with Gasteiger partial charge in [-0.2, -0.15) is 0 Å². The molecule has 0 bridgehead atoms.